The second-order valence-corrected chi connectivity index (χ2v) is 6.30. The molecule has 0 radical (unpaired) electrons. The largest absolute Gasteiger partial charge is 0.365 e. The Morgan fingerprint density at radius 3 is 2.25 bits per heavy atom. The number of carbonyl (C=O) groups excluding carboxylic acids is 2. The van der Waals surface area contributed by atoms with Gasteiger partial charge in [-0.15, -0.1) is 0 Å². The van der Waals surface area contributed by atoms with Crippen LogP contribution in [0.15, 0.2) is 34.8 Å². The molecule has 2 fully saturated rings. The van der Waals surface area contributed by atoms with Crippen molar-refractivity contribution >= 4 is 33.4 Å². The first-order valence-electron chi connectivity index (χ1n) is 6.55. The van der Waals surface area contributed by atoms with Gasteiger partial charge < -0.3 is 4.74 Å². The summed E-state index contributed by atoms with van der Waals surface area (Å²) in [5.41, 5.74) is 1.70. The van der Waals surface area contributed by atoms with Crippen LogP contribution in [-0.4, -0.2) is 24.0 Å². The lowest BCUT2D eigenvalue weighted by atomic mass is 9.85. The van der Waals surface area contributed by atoms with E-state index in [1.807, 2.05) is 37.3 Å². The van der Waals surface area contributed by atoms with E-state index in [4.69, 9.17) is 4.74 Å². The Balaban J connectivity index is 1.76. The second-order valence-electron chi connectivity index (χ2n) is 5.45. The van der Waals surface area contributed by atoms with Crippen LogP contribution in [0.1, 0.15) is 5.56 Å². The van der Waals surface area contributed by atoms with Gasteiger partial charge in [0.05, 0.1) is 29.7 Å². The van der Waals surface area contributed by atoms with Gasteiger partial charge in [0.1, 0.15) is 0 Å². The van der Waals surface area contributed by atoms with Gasteiger partial charge in [0.15, 0.2) is 0 Å². The summed E-state index contributed by atoms with van der Waals surface area (Å²) >= 11 is 3.44. The third kappa shape index (κ3) is 1.45. The SMILES string of the molecule is Cc1ccc(N2C(=O)[C@@H]3[C@@H](C2=O)[C@@H]2C=C[C@@H]3O2)cc1Br. The highest BCUT2D eigenvalue weighted by atomic mass is 79.9. The van der Waals surface area contributed by atoms with Crippen LogP contribution in [0.4, 0.5) is 5.69 Å². The van der Waals surface area contributed by atoms with E-state index in [2.05, 4.69) is 15.9 Å². The molecule has 2 amide bonds. The van der Waals surface area contributed by atoms with E-state index in [9.17, 15) is 9.59 Å². The normalized spacial score (nSPS) is 34.2. The zero-order chi connectivity index (χ0) is 14.0. The summed E-state index contributed by atoms with van der Waals surface area (Å²) in [7, 11) is 0. The maximum Gasteiger partial charge on any atom is 0.240 e. The summed E-state index contributed by atoms with van der Waals surface area (Å²) in [5.74, 6) is -0.990. The van der Waals surface area contributed by atoms with E-state index in [1.54, 1.807) is 0 Å². The Kier molecular flexibility index (Phi) is 2.47. The Labute approximate surface area is 124 Å². The van der Waals surface area contributed by atoms with Crippen molar-refractivity contribution in [1.29, 1.82) is 0 Å². The van der Waals surface area contributed by atoms with Crippen molar-refractivity contribution in [3.05, 3.63) is 40.4 Å². The van der Waals surface area contributed by atoms with Gasteiger partial charge in [-0.05, 0) is 24.6 Å². The van der Waals surface area contributed by atoms with E-state index in [0.29, 0.717) is 5.69 Å². The molecular formula is C15H12BrNO3. The molecule has 3 heterocycles. The van der Waals surface area contributed by atoms with Crippen LogP contribution in [0.5, 0.6) is 0 Å². The highest BCUT2D eigenvalue weighted by Gasteiger charge is 2.60. The Morgan fingerprint density at radius 2 is 1.70 bits per heavy atom. The molecule has 4 nitrogen and oxygen atoms in total. The number of amides is 2. The number of ether oxygens (including phenoxy) is 1. The molecule has 0 unspecified atom stereocenters. The Morgan fingerprint density at radius 1 is 1.10 bits per heavy atom. The quantitative estimate of drug-likeness (QED) is 0.584. The van der Waals surface area contributed by atoms with Crippen molar-refractivity contribution in [1.82, 2.24) is 0 Å². The van der Waals surface area contributed by atoms with Gasteiger partial charge in [0, 0.05) is 4.47 Å². The number of nitrogens with zero attached hydrogens (tertiary/aromatic N) is 1. The fourth-order valence-electron chi connectivity index (χ4n) is 3.28. The van der Waals surface area contributed by atoms with Gasteiger partial charge in [-0.1, -0.05) is 34.1 Å². The molecule has 2 saturated heterocycles. The van der Waals surface area contributed by atoms with Crippen LogP contribution in [0.2, 0.25) is 0 Å². The van der Waals surface area contributed by atoms with Gasteiger partial charge in [-0.25, -0.2) is 4.90 Å². The van der Waals surface area contributed by atoms with Crippen LogP contribution < -0.4 is 4.90 Å². The first-order chi connectivity index (χ1) is 9.58. The van der Waals surface area contributed by atoms with Crippen LogP contribution in [0, 0.1) is 18.8 Å². The molecular weight excluding hydrogens is 322 g/mol. The molecule has 0 aliphatic carbocycles. The molecule has 0 spiro atoms. The summed E-state index contributed by atoms with van der Waals surface area (Å²) in [6.45, 7) is 1.97. The third-order valence-corrected chi connectivity index (χ3v) is 5.18. The molecule has 20 heavy (non-hydrogen) atoms. The zero-order valence-electron chi connectivity index (χ0n) is 10.7. The lowest BCUT2D eigenvalue weighted by molar-refractivity contribution is -0.124. The fourth-order valence-corrected chi connectivity index (χ4v) is 3.65. The first kappa shape index (κ1) is 12.3. The predicted molar refractivity (Wildman–Crippen MR) is 76.2 cm³/mol. The smallest absolute Gasteiger partial charge is 0.240 e. The maximum atomic E-state index is 12.6. The number of imide groups is 1. The summed E-state index contributed by atoms with van der Waals surface area (Å²) in [5, 5.41) is 0. The molecule has 2 bridgehead atoms. The van der Waals surface area contributed by atoms with E-state index >= 15 is 0 Å². The summed E-state index contributed by atoms with van der Waals surface area (Å²) in [6, 6.07) is 5.53. The predicted octanol–water partition coefficient (Wildman–Crippen LogP) is 2.20. The number of anilines is 1. The van der Waals surface area contributed by atoms with E-state index < -0.39 is 0 Å². The van der Waals surface area contributed by atoms with Crippen molar-refractivity contribution in [3.63, 3.8) is 0 Å². The molecule has 4 atom stereocenters. The summed E-state index contributed by atoms with van der Waals surface area (Å²) in [4.78, 5) is 26.4. The van der Waals surface area contributed by atoms with Crippen LogP contribution in [0.3, 0.4) is 0 Å². The van der Waals surface area contributed by atoms with E-state index in [-0.39, 0.29) is 35.9 Å². The maximum absolute atomic E-state index is 12.6. The lowest BCUT2D eigenvalue weighted by Gasteiger charge is -2.18. The number of hydrogen-bond acceptors (Lipinski definition) is 3. The number of halogens is 1. The van der Waals surface area contributed by atoms with E-state index in [1.165, 1.54) is 4.90 Å². The van der Waals surface area contributed by atoms with Crippen molar-refractivity contribution < 1.29 is 14.3 Å². The number of fused-ring (bicyclic) bond motifs is 5. The lowest BCUT2D eigenvalue weighted by Crippen LogP contribution is -2.34. The number of hydrogen-bond donors (Lipinski definition) is 0. The monoisotopic (exact) mass is 333 g/mol. The Hall–Kier alpha value is -1.46. The minimum absolute atomic E-state index is 0.146. The second kappa shape index (κ2) is 4.02. The van der Waals surface area contributed by atoms with Gasteiger partial charge in [-0.2, -0.15) is 0 Å². The van der Waals surface area contributed by atoms with Crippen molar-refractivity contribution in [2.75, 3.05) is 4.90 Å². The number of rotatable bonds is 1. The minimum atomic E-state index is -0.349. The molecule has 1 aromatic rings. The van der Waals surface area contributed by atoms with Gasteiger partial charge >= 0.3 is 0 Å². The standard InChI is InChI=1S/C15H12BrNO3/c1-7-2-3-8(6-9(7)16)17-14(18)12-10-4-5-11(20-10)13(12)15(17)19/h2-6,10-13H,1H3/t10-,11-,12-,13-/m0/s1. The molecule has 3 aliphatic rings. The zero-order valence-corrected chi connectivity index (χ0v) is 12.3. The third-order valence-electron chi connectivity index (χ3n) is 4.32. The van der Waals surface area contributed by atoms with Crippen molar-refractivity contribution in [3.8, 4) is 0 Å². The van der Waals surface area contributed by atoms with Crippen LogP contribution in [0.25, 0.3) is 0 Å². The van der Waals surface area contributed by atoms with Crippen LogP contribution >= 0.6 is 15.9 Å². The summed E-state index contributed by atoms with van der Waals surface area (Å²) < 4.78 is 6.51. The number of carbonyl (C=O) groups is 2. The minimum Gasteiger partial charge on any atom is -0.365 e. The molecule has 4 rings (SSSR count). The topological polar surface area (TPSA) is 46.6 Å². The highest BCUT2D eigenvalue weighted by Crippen LogP contribution is 2.46. The van der Waals surface area contributed by atoms with Crippen molar-refractivity contribution in [2.24, 2.45) is 11.8 Å². The van der Waals surface area contributed by atoms with Crippen LogP contribution in [-0.2, 0) is 14.3 Å². The van der Waals surface area contributed by atoms with Gasteiger partial charge in [0.2, 0.25) is 11.8 Å². The first-order valence-corrected chi connectivity index (χ1v) is 7.35. The molecule has 5 heteroatoms. The highest BCUT2D eigenvalue weighted by molar-refractivity contribution is 9.10. The van der Waals surface area contributed by atoms with Gasteiger partial charge in [-0.3, -0.25) is 9.59 Å². The van der Waals surface area contributed by atoms with Crippen molar-refractivity contribution in [2.45, 2.75) is 19.1 Å². The molecule has 0 aromatic heterocycles. The molecule has 0 saturated carbocycles. The van der Waals surface area contributed by atoms with Gasteiger partial charge in [0.25, 0.3) is 0 Å². The molecule has 102 valence electrons. The number of benzene rings is 1. The number of aryl methyl sites for hydroxylation is 1. The molecule has 1 aromatic carbocycles. The molecule has 3 aliphatic heterocycles. The fraction of sp³-hybridized carbons (Fsp3) is 0.333. The molecule has 0 N–H and O–H groups in total. The average Bonchev–Trinajstić information content (AvgIpc) is 3.08. The van der Waals surface area contributed by atoms with E-state index in [0.717, 1.165) is 10.0 Å². The Bertz CT molecular complexity index is 639. The summed E-state index contributed by atoms with van der Waals surface area (Å²) in [6.07, 6.45) is 3.32. The average molecular weight is 334 g/mol.